The lowest BCUT2D eigenvalue weighted by atomic mass is 10.1. The summed E-state index contributed by atoms with van der Waals surface area (Å²) in [4.78, 5) is 25.0. The van der Waals surface area contributed by atoms with Crippen molar-refractivity contribution in [1.82, 2.24) is 4.57 Å². The molecule has 1 aromatic carbocycles. The quantitative estimate of drug-likeness (QED) is 0.770. The minimum absolute atomic E-state index is 0.0557. The Kier molecular flexibility index (Phi) is 4.14. The van der Waals surface area contributed by atoms with Gasteiger partial charge in [0.15, 0.2) is 26.5 Å². The van der Waals surface area contributed by atoms with Crippen LogP contribution >= 0.6 is 0 Å². The van der Waals surface area contributed by atoms with Gasteiger partial charge in [-0.3, -0.25) is 4.79 Å². The van der Waals surface area contributed by atoms with Gasteiger partial charge in [0.05, 0.1) is 12.1 Å². The zero-order valence-electron chi connectivity index (χ0n) is 13.5. The number of halogens is 2. The molecule has 0 amide bonds. The Morgan fingerprint density at radius 2 is 1.88 bits per heavy atom. The third-order valence-electron chi connectivity index (χ3n) is 3.95. The molecule has 0 atom stereocenters. The number of fused-ring (bicyclic) bond motifs is 1. The first-order valence-corrected chi connectivity index (χ1v) is 9.50. The van der Waals surface area contributed by atoms with Gasteiger partial charge in [0.1, 0.15) is 5.56 Å². The van der Waals surface area contributed by atoms with Crippen LogP contribution in [0.15, 0.2) is 22.0 Å². The number of nitrogens with zero attached hydrogens (tertiary/aromatic N) is 1. The van der Waals surface area contributed by atoms with Crippen LogP contribution in [0.4, 0.5) is 8.78 Å². The maximum absolute atomic E-state index is 13.7. The predicted molar refractivity (Wildman–Crippen MR) is 85.5 cm³/mol. The molecule has 0 radical (unpaired) electrons. The van der Waals surface area contributed by atoms with Gasteiger partial charge in [-0.25, -0.2) is 22.0 Å². The Bertz CT molecular complexity index is 1050. The molecule has 1 aliphatic rings. The monoisotopic (exact) mass is 371 g/mol. The summed E-state index contributed by atoms with van der Waals surface area (Å²) < 4.78 is 58.1. The Morgan fingerprint density at radius 3 is 2.40 bits per heavy atom. The Labute approximate surface area is 141 Å². The number of esters is 1. The van der Waals surface area contributed by atoms with E-state index in [1.54, 1.807) is 0 Å². The normalized spacial score (nSPS) is 14.7. The largest absolute Gasteiger partial charge is 0.462 e. The number of carbonyl (C=O) groups is 1. The summed E-state index contributed by atoms with van der Waals surface area (Å²) in [6, 6.07) is 1.15. The molecule has 25 heavy (non-hydrogen) atoms. The number of hydrogen-bond acceptors (Lipinski definition) is 5. The predicted octanol–water partition coefficient (Wildman–Crippen LogP) is 2.19. The molecular formula is C16H15F2NO5S. The lowest BCUT2D eigenvalue weighted by Crippen LogP contribution is -2.27. The van der Waals surface area contributed by atoms with Gasteiger partial charge in [0, 0.05) is 23.8 Å². The zero-order valence-corrected chi connectivity index (χ0v) is 14.3. The Morgan fingerprint density at radius 1 is 1.28 bits per heavy atom. The molecule has 1 fully saturated rings. The van der Waals surface area contributed by atoms with Gasteiger partial charge in [-0.1, -0.05) is 0 Å². The molecule has 9 heteroatoms. The van der Waals surface area contributed by atoms with Crippen LogP contribution in [0.25, 0.3) is 10.9 Å². The Hall–Kier alpha value is -2.29. The first-order chi connectivity index (χ1) is 11.7. The lowest BCUT2D eigenvalue weighted by molar-refractivity contribution is 0.0518. The molecule has 0 bridgehead atoms. The first kappa shape index (κ1) is 17.5. The molecule has 0 unspecified atom stereocenters. The molecule has 0 aliphatic heterocycles. The second-order valence-electron chi connectivity index (χ2n) is 5.89. The SMILES string of the molecule is CCOC(=O)c1c(S(C)(=O)=O)n(C2CC2)c2cc(F)c(F)cc2c1=O. The summed E-state index contributed by atoms with van der Waals surface area (Å²) >= 11 is 0. The van der Waals surface area contributed by atoms with Crippen molar-refractivity contribution in [3.63, 3.8) is 0 Å². The van der Waals surface area contributed by atoms with E-state index in [2.05, 4.69) is 0 Å². The minimum Gasteiger partial charge on any atom is -0.462 e. The molecule has 3 rings (SSSR count). The van der Waals surface area contributed by atoms with E-state index in [0.29, 0.717) is 18.9 Å². The average Bonchev–Trinajstić information content (AvgIpc) is 3.33. The molecule has 134 valence electrons. The molecule has 1 aliphatic carbocycles. The number of benzene rings is 1. The average molecular weight is 371 g/mol. The second kappa shape index (κ2) is 5.91. The van der Waals surface area contributed by atoms with E-state index in [9.17, 15) is 26.8 Å². The fourth-order valence-electron chi connectivity index (χ4n) is 2.82. The first-order valence-electron chi connectivity index (χ1n) is 7.61. The number of hydrogen-bond donors (Lipinski definition) is 0. The Balaban J connectivity index is 2.56. The van der Waals surface area contributed by atoms with Crippen LogP contribution in [-0.2, 0) is 14.6 Å². The highest BCUT2D eigenvalue weighted by molar-refractivity contribution is 7.90. The van der Waals surface area contributed by atoms with E-state index in [1.807, 2.05) is 0 Å². The summed E-state index contributed by atoms with van der Waals surface area (Å²) in [7, 11) is -4.02. The standard InChI is InChI=1S/C16H15F2NO5S/c1-3-24-16(21)13-14(20)9-6-10(17)11(18)7-12(9)19(8-4-5-8)15(13)25(2,22)23/h6-8H,3-5H2,1-2H3. The highest BCUT2D eigenvalue weighted by Gasteiger charge is 2.36. The molecule has 0 saturated heterocycles. The van der Waals surface area contributed by atoms with Crippen molar-refractivity contribution in [1.29, 1.82) is 0 Å². The van der Waals surface area contributed by atoms with Crippen molar-refractivity contribution in [3.05, 3.63) is 39.6 Å². The van der Waals surface area contributed by atoms with Crippen LogP contribution in [0.2, 0.25) is 0 Å². The zero-order chi connectivity index (χ0) is 18.5. The molecular weight excluding hydrogens is 356 g/mol. The molecule has 1 heterocycles. The third-order valence-corrected chi connectivity index (χ3v) is 5.05. The van der Waals surface area contributed by atoms with Crippen LogP contribution in [0.5, 0.6) is 0 Å². The minimum atomic E-state index is -4.02. The van der Waals surface area contributed by atoms with Gasteiger partial charge in [-0.05, 0) is 25.8 Å². The number of ether oxygens (including phenoxy) is 1. The van der Waals surface area contributed by atoms with Crippen molar-refractivity contribution >= 4 is 26.7 Å². The van der Waals surface area contributed by atoms with E-state index in [1.165, 1.54) is 11.5 Å². The van der Waals surface area contributed by atoms with Gasteiger partial charge >= 0.3 is 5.97 Å². The molecule has 6 nitrogen and oxygen atoms in total. The summed E-state index contributed by atoms with van der Waals surface area (Å²) in [6.45, 7) is 1.44. The van der Waals surface area contributed by atoms with Crippen LogP contribution in [-0.4, -0.2) is 31.8 Å². The summed E-state index contributed by atoms with van der Waals surface area (Å²) in [5.41, 5.74) is -1.72. The van der Waals surface area contributed by atoms with Gasteiger partial charge in [-0.2, -0.15) is 0 Å². The van der Waals surface area contributed by atoms with E-state index in [0.717, 1.165) is 12.3 Å². The molecule has 1 aromatic heterocycles. The maximum Gasteiger partial charge on any atom is 0.345 e. The van der Waals surface area contributed by atoms with Gasteiger partial charge in [-0.15, -0.1) is 0 Å². The van der Waals surface area contributed by atoms with Crippen molar-refractivity contribution < 1.29 is 26.7 Å². The fraction of sp³-hybridized carbons (Fsp3) is 0.375. The third kappa shape index (κ3) is 2.92. The lowest BCUT2D eigenvalue weighted by Gasteiger charge is -2.18. The molecule has 2 aromatic rings. The fourth-order valence-corrected chi connectivity index (χ4v) is 3.97. The van der Waals surface area contributed by atoms with Crippen LogP contribution < -0.4 is 5.43 Å². The number of rotatable bonds is 4. The number of aromatic nitrogens is 1. The summed E-state index contributed by atoms with van der Waals surface area (Å²) in [5, 5.41) is -0.779. The second-order valence-corrected chi connectivity index (χ2v) is 7.82. The van der Waals surface area contributed by atoms with Crippen molar-refractivity contribution in [2.24, 2.45) is 0 Å². The van der Waals surface area contributed by atoms with Gasteiger partial charge in [0.2, 0.25) is 5.43 Å². The van der Waals surface area contributed by atoms with Crippen molar-refractivity contribution in [2.45, 2.75) is 30.8 Å². The number of carbonyl (C=O) groups excluding carboxylic acids is 1. The highest BCUT2D eigenvalue weighted by atomic mass is 32.2. The number of sulfone groups is 1. The van der Waals surface area contributed by atoms with E-state index >= 15 is 0 Å². The van der Waals surface area contributed by atoms with E-state index in [4.69, 9.17) is 4.74 Å². The van der Waals surface area contributed by atoms with Crippen molar-refractivity contribution in [3.8, 4) is 0 Å². The van der Waals surface area contributed by atoms with Crippen LogP contribution in [0.3, 0.4) is 0 Å². The highest BCUT2D eigenvalue weighted by Crippen LogP contribution is 2.40. The van der Waals surface area contributed by atoms with Crippen LogP contribution in [0, 0.1) is 11.6 Å². The van der Waals surface area contributed by atoms with Gasteiger partial charge < -0.3 is 9.30 Å². The van der Waals surface area contributed by atoms with Crippen LogP contribution in [0.1, 0.15) is 36.2 Å². The van der Waals surface area contributed by atoms with Gasteiger partial charge in [0.25, 0.3) is 0 Å². The van der Waals surface area contributed by atoms with E-state index < -0.39 is 43.5 Å². The van der Waals surface area contributed by atoms with E-state index in [-0.39, 0.29) is 23.6 Å². The molecule has 0 spiro atoms. The van der Waals surface area contributed by atoms with Crippen molar-refractivity contribution in [2.75, 3.05) is 12.9 Å². The smallest absolute Gasteiger partial charge is 0.345 e. The topological polar surface area (TPSA) is 82.4 Å². The molecule has 1 saturated carbocycles. The maximum atomic E-state index is 13.7. The molecule has 0 N–H and O–H groups in total. The summed E-state index contributed by atoms with van der Waals surface area (Å²) in [5.74, 6) is -3.56. The number of pyridine rings is 1. The summed E-state index contributed by atoms with van der Waals surface area (Å²) in [6.07, 6.45) is 2.05.